The van der Waals surface area contributed by atoms with Crippen molar-refractivity contribution in [1.82, 2.24) is 25.2 Å². The third-order valence-corrected chi connectivity index (χ3v) is 8.60. The maximum absolute atomic E-state index is 6.30. The van der Waals surface area contributed by atoms with Crippen molar-refractivity contribution >= 4 is 22.3 Å². The highest BCUT2D eigenvalue weighted by atomic mass is 16.5. The van der Waals surface area contributed by atoms with Gasteiger partial charge in [0.05, 0.1) is 24.1 Å². The fraction of sp³-hybridized carbons (Fsp3) is 0.536. The number of rotatable bonds is 5. The Bertz CT molecular complexity index is 1250. The van der Waals surface area contributed by atoms with Gasteiger partial charge in [-0.05, 0) is 45.7 Å². The summed E-state index contributed by atoms with van der Waals surface area (Å²) in [5.41, 5.74) is 3.57. The minimum absolute atomic E-state index is 0.446. The van der Waals surface area contributed by atoms with E-state index in [1.165, 1.54) is 47.7 Å². The molecule has 0 radical (unpaired) electrons. The number of likely N-dealkylation sites (N-methyl/N-ethyl adjacent to an activating group) is 1. The van der Waals surface area contributed by atoms with Crippen molar-refractivity contribution in [3.8, 4) is 6.01 Å². The number of hydrogen-bond acceptors (Lipinski definition) is 8. The van der Waals surface area contributed by atoms with Gasteiger partial charge < -0.3 is 24.8 Å². The molecule has 7 rings (SSSR count). The average molecular weight is 486 g/mol. The maximum Gasteiger partial charge on any atom is 0.318 e. The lowest BCUT2D eigenvalue weighted by molar-refractivity contribution is 0.187. The van der Waals surface area contributed by atoms with Crippen LogP contribution in [-0.4, -0.2) is 77.8 Å². The standard InChI is InChI=1S/C28H35N7O/c1-33-11-4-6-22(33)18-36-28-31-25-17-34(26-14-29-13-19-5-2-3-7-23(19)26)12-10-24(25)27(32-28)35-15-20-8-9-21(16-35)30-20/h2-3,5,7,13-14,20-22,30H,4,6,8-12,15-18H2,1H3/t20-,21+,22?. The largest absolute Gasteiger partial charge is 0.462 e. The van der Waals surface area contributed by atoms with Crippen molar-refractivity contribution in [2.75, 3.05) is 49.6 Å². The molecule has 3 aromatic rings. The van der Waals surface area contributed by atoms with E-state index in [9.17, 15) is 0 Å². The Kier molecular flexibility index (Phi) is 5.66. The topological polar surface area (TPSA) is 69.7 Å². The predicted molar refractivity (Wildman–Crippen MR) is 142 cm³/mol. The molecule has 4 aliphatic rings. The van der Waals surface area contributed by atoms with Crippen molar-refractivity contribution in [1.29, 1.82) is 0 Å². The molecular formula is C28H35N7O. The average Bonchev–Trinajstić information content (AvgIpc) is 3.49. The van der Waals surface area contributed by atoms with Crippen molar-refractivity contribution in [2.24, 2.45) is 0 Å². The number of likely N-dealkylation sites (tertiary alicyclic amines) is 1. The van der Waals surface area contributed by atoms with Gasteiger partial charge in [-0.2, -0.15) is 9.97 Å². The van der Waals surface area contributed by atoms with E-state index < -0.39 is 0 Å². The van der Waals surface area contributed by atoms with E-state index in [1.807, 2.05) is 12.4 Å². The van der Waals surface area contributed by atoms with Crippen LogP contribution in [0.1, 0.15) is 36.9 Å². The molecule has 0 spiro atoms. The summed E-state index contributed by atoms with van der Waals surface area (Å²) in [6.07, 6.45) is 9.80. The van der Waals surface area contributed by atoms with Gasteiger partial charge in [-0.15, -0.1) is 0 Å². The normalized spacial score (nSPS) is 26.0. The molecule has 6 heterocycles. The number of piperazine rings is 1. The Morgan fingerprint density at radius 2 is 1.86 bits per heavy atom. The van der Waals surface area contributed by atoms with Crippen molar-refractivity contribution in [3.05, 3.63) is 47.9 Å². The van der Waals surface area contributed by atoms with Crippen LogP contribution >= 0.6 is 0 Å². The van der Waals surface area contributed by atoms with E-state index in [0.29, 0.717) is 30.7 Å². The Morgan fingerprint density at radius 1 is 1.00 bits per heavy atom. The molecule has 0 aliphatic carbocycles. The van der Waals surface area contributed by atoms with Crippen LogP contribution in [0.25, 0.3) is 10.8 Å². The van der Waals surface area contributed by atoms with E-state index in [0.717, 1.165) is 50.7 Å². The van der Waals surface area contributed by atoms with Gasteiger partial charge in [-0.25, -0.2) is 0 Å². The number of benzene rings is 1. The fourth-order valence-electron chi connectivity index (χ4n) is 6.60. The van der Waals surface area contributed by atoms with Crippen LogP contribution in [0.4, 0.5) is 11.5 Å². The summed E-state index contributed by atoms with van der Waals surface area (Å²) < 4.78 is 6.30. The lowest BCUT2D eigenvalue weighted by atomic mass is 10.0. The number of pyridine rings is 1. The molecule has 1 N–H and O–H groups in total. The number of fused-ring (bicyclic) bond motifs is 4. The van der Waals surface area contributed by atoms with Gasteiger partial charge in [-0.3, -0.25) is 4.98 Å². The zero-order valence-electron chi connectivity index (χ0n) is 21.1. The number of nitrogens with zero attached hydrogens (tertiary/aromatic N) is 6. The minimum Gasteiger partial charge on any atom is -0.462 e. The highest BCUT2D eigenvalue weighted by molar-refractivity contribution is 5.93. The number of nitrogens with one attached hydrogen (secondary N) is 1. The van der Waals surface area contributed by atoms with Gasteiger partial charge in [0.25, 0.3) is 0 Å². The molecule has 3 saturated heterocycles. The van der Waals surface area contributed by atoms with E-state index in [1.54, 1.807) is 0 Å². The molecule has 4 aliphatic heterocycles. The molecule has 2 aromatic heterocycles. The van der Waals surface area contributed by atoms with E-state index in [4.69, 9.17) is 14.7 Å². The molecule has 2 bridgehead atoms. The zero-order chi connectivity index (χ0) is 24.1. The molecule has 188 valence electrons. The molecule has 8 heteroatoms. The van der Waals surface area contributed by atoms with Gasteiger partial charge in [0.15, 0.2) is 0 Å². The van der Waals surface area contributed by atoms with Crippen LogP contribution in [-0.2, 0) is 13.0 Å². The number of aromatic nitrogens is 3. The first-order chi connectivity index (χ1) is 17.7. The van der Waals surface area contributed by atoms with Crippen LogP contribution in [0.2, 0.25) is 0 Å². The summed E-state index contributed by atoms with van der Waals surface area (Å²) in [6, 6.07) is 10.6. The third kappa shape index (κ3) is 4.06. The number of anilines is 2. The van der Waals surface area contributed by atoms with Crippen molar-refractivity contribution in [2.45, 2.75) is 56.8 Å². The van der Waals surface area contributed by atoms with Crippen LogP contribution < -0.4 is 19.9 Å². The Morgan fingerprint density at radius 3 is 2.69 bits per heavy atom. The van der Waals surface area contributed by atoms with Crippen molar-refractivity contribution in [3.63, 3.8) is 0 Å². The van der Waals surface area contributed by atoms with Gasteiger partial charge >= 0.3 is 6.01 Å². The molecule has 3 atom stereocenters. The summed E-state index contributed by atoms with van der Waals surface area (Å²) in [5.74, 6) is 1.10. The maximum atomic E-state index is 6.30. The van der Waals surface area contributed by atoms with Gasteiger partial charge in [-0.1, -0.05) is 24.3 Å². The quantitative estimate of drug-likeness (QED) is 0.592. The van der Waals surface area contributed by atoms with Gasteiger partial charge in [0, 0.05) is 60.3 Å². The van der Waals surface area contributed by atoms with Crippen LogP contribution in [0.3, 0.4) is 0 Å². The molecular weight excluding hydrogens is 450 g/mol. The molecule has 36 heavy (non-hydrogen) atoms. The van der Waals surface area contributed by atoms with Crippen LogP contribution in [0, 0.1) is 0 Å². The fourth-order valence-corrected chi connectivity index (χ4v) is 6.60. The Labute approximate surface area is 212 Å². The second kappa shape index (κ2) is 9.16. The summed E-state index contributed by atoms with van der Waals surface area (Å²) in [5, 5.41) is 6.17. The first-order valence-corrected chi connectivity index (χ1v) is 13.5. The summed E-state index contributed by atoms with van der Waals surface area (Å²) >= 11 is 0. The summed E-state index contributed by atoms with van der Waals surface area (Å²) in [6.45, 7) is 5.51. The first-order valence-electron chi connectivity index (χ1n) is 13.5. The number of hydrogen-bond donors (Lipinski definition) is 1. The van der Waals surface area contributed by atoms with Crippen molar-refractivity contribution < 1.29 is 4.74 Å². The second-order valence-electron chi connectivity index (χ2n) is 10.9. The SMILES string of the molecule is CN1CCCC1COc1nc2c(c(N3C[C@H]4CC[C@@H](C3)N4)n1)CCN(c1cncc3ccccc13)C2. The highest BCUT2D eigenvalue weighted by Gasteiger charge is 2.35. The van der Waals surface area contributed by atoms with Gasteiger partial charge in [0.2, 0.25) is 0 Å². The molecule has 8 nitrogen and oxygen atoms in total. The summed E-state index contributed by atoms with van der Waals surface area (Å²) in [4.78, 5) is 21.9. The smallest absolute Gasteiger partial charge is 0.318 e. The zero-order valence-corrected chi connectivity index (χ0v) is 21.1. The number of ether oxygens (including phenoxy) is 1. The Hall–Kier alpha value is -2.97. The van der Waals surface area contributed by atoms with E-state index >= 15 is 0 Å². The molecule has 1 aromatic carbocycles. The van der Waals surface area contributed by atoms with E-state index in [-0.39, 0.29) is 0 Å². The third-order valence-electron chi connectivity index (χ3n) is 8.60. The second-order valence-corrected chi connectivity index (χ2v) is 10.9. The predicted octanol–water partition coefficient (Wildman–Crippen LogP) is 3.00. The Balaban J connectivity index is 1.22. The molecule has 3 fully saturated rings. The summed E-state index contributed by atoms with van der Waals surface area (Å²) in [7, 11) is 2.19. The molecule has 0 saturated carbocycles. The van der Waals surface area contributed by atoms with Crippen LogP contribution in [0.15, 0.2) is 36.7 Å². The monoisotopic (exact) mass is 485 g/mol. The van der Waals surface area contributed by atoms with Gasteiger partial charge in [0.1, 0.15) is 12.4 Å². The molecule has 1 unspecified atom stereocenters. The van der Waals surface area contributed by atoms with E-state index in [2.05, 4.69) is 56.3 Å². The van der Waals surface area contributed by atoms with Crippen LogP contribution in [0.5, 0.6) is 6.01 Å². The first kappa shape index (κ1) is 22.2. The highest BCUT2D eigenvalue weighted by Crippen LogP contribution is 2.35. The molecule has 0 amide bonds. The minimum atomic E-state index is 0.446. The lowest BCUT2D eigenvalue weighted by Gasteiger charge is -2.37. The lowest BCUT2D eigenvalue weighted by Crippen LogP contribution is -2.52.